The standard InChI is InChI=1S/C15H11Br2F2NO7/c1-23-13(21)6-4-25-5-20(10(6)14(22)24-2)11-7(16)3-8-12(9(11)17)27-15(18,19)26-8/h3H,4-5H2,1-2H3. The molecule has 0 saturated carbocycles. The first-order valence-corrected chi connectivity index (χ1v) is 8.81. The van der Waals surface area contributed by atoms with E-state index in [1.165, 1.54) is 11.0 Å². The average molecular weight is 515 g/mol. The molecule has 0 spiro atoms. The number of anilines is 1. The van der Waals surface area contributed by atoms with E-state index in [4.69, 9.17) is 9.47 Å². The maximum absolute atomic E-state index is 13.4. The van der Waals surface area contributed by atoms with Gasteiger partial charge in [0, 0.05) is 10.5 Å². The molecular weight excluding hydrogens is 504 g/mol. The molecule has 0 saturated heterocycles. The maximum Gasteiger partial charge on any atom is 0.586 e. The zero-order valence-electron chi connectivity index (χ0n) is 13.8. The van der Waals surface area contributed by atoms with Crippen molar-refractivity contribution in [3.63, 3.8) is 0 Å². The van der Waals surface area contributed by atoms with Crippen LogP contribution in [0.3, 0.4) is 0 Å². The zero-order valence-corrected chi connectivity index (χ0v) is 17.0. The van der Waals surface area contributed by atoms with Crippen LogP contribution in [0.5, 0.6) is 11.5 Å². The van der Waals surface area contributed by atoms with Crippen LogP contribution in [-0.4, -0.2) is 45.8 Å². The summed E-state index contributed by atoms with van der Waals surface area (Å²) in [7, 11) is 2.29. The van der Waals surface area contributed by atoms with Crippen LogP contribution in [0.4, 0.5) is 14.5 Å². The van der Waals surface area contributed by atoms with Gasteiger partial charge in [-0.05, 0) is 31.9 Å². The van der Waals surface area contributed by atoms with E-state index >= 15 is 0 Å². The molecule has 12 heteroatoms. The minimum atomic E-state index is -3.83. The summed E-state index contributed by atoms with van der Waals surface area (Å²) in [6.07, 6.45) is -3.83. The summed E-state index contributed by atoms with van der Waals surface area (Å²) < 4.78 is 50.9. The number of fused-ring (bicyclic) bond motifs is 1. The van der Waals surface area contributed by atoms with Gasteiger partial charge in [-0.25, -0.2) is 9.59 Å². The van der Waals surface area contributed by atoms with Crippen LogP contribution in [0, 0.1) is 0 Å². The Morgan fingerprint density at radius 3 is 2.48 bits per heavy atom. The molecule has 1 aromatic carbocycles. The van der Waals surface area contributed by atoms with Gasteiger partial charge in [0.1, 0.15) is 12.4 Å². The highest BCUT2D eigenvalue weighted by Gasteiger charge is 2.46. The van der Waals surface area contributed by atoms with E-state index in [1.807, 2.05) is 0 Å². The van der Waals surface area contributed by atoms with Crippen LogP contribution in [0.25, 0.3) is 0 Å². The zero-order chi connectivity index (χ0) is 19.9. The van der Waals surface area contributed by atoms with Gasteiger partial charge in [0.25, 0.3) is 0 Å². The van der Waals surface area contributed by atoms with E-state index in [1.54, 1.807) is 0 Å². The average Bonchev–Trinajstić information content (AvgIpc) is 2.94. The van der Waals surface area contributed by atoms with Crippen molar-refractivity contribution in [2.75, 3.05) is 32.5 Å². The second kappa shape index (κ2) is 7.24. The van der Waals surface area contributed by atoms with Crippen LogP contribution in [0.2, 0.25) is 0 Å². The van der Waals surface area contributed by atoms with Crippen LogP contribution >= 0.6 is 31.9 Å². The topological polar surface area (TPSA) is 83.5 Å². The van der Waals surface area contributed by atoms with Crippen molar-refractivity contribution in [1.29, 1.82) is 0 Å². The predicted molar refractivity (Wildman–Crippen MR) is 92.4 cm³/mol. The number of hydrogen-bond acceptors (Lipinski definition) is 8. The second-order valence-electron chi connectivity index (χ2n) is 5.23. The van der Waals surface area contributed by atoms with Gasteiger partial charge in [-0.1, -0.05) is 0 Å². The fourth-order valence-corrected chi connectivity index (χ4v) is 4.17. The number of carbonyl (C=O) groups is 2. The van der Waals surface area contributed by atoms with Crippen LogP contribution in [0.15, 0.2) is 26.3 Å². The van der Waals surface area contributed by atoms with Gasteiger partial charge in [0.05, 0.1) is 36.6 Å². The van der Waals surface area contributed by atoms with E-state index in [0.29, 0.717) is 0 Å². The minimum absolute atomic E-state index is 0.0557. The number of halogens is 4. The number of esters is 2. The third-order valence-electron chi connectivity index (χ3n) is 3.67. The molecule has 0 N–H and O–H groups in total. The number of methoxy groups -OCH3 is 2. The molecule has 1 aromatic rings. The van der Waals surface area contributed by atoms with Crippen molar-refractivity contribution >= 4 is 49.5 Å². The smallest absolute Gasteiger partial charge is 0.466 e. The number of ether oxygens (including phenoxy) is 5. The molecule has 0 fully saturated rings. The molecule has 2 aliphatic rings. The third kappa shape index (κ3) is 3.48. The molecule has 27 heavy (non-hydrogen) atoms. The number of carbonyl (C=O) groups excluding carboxylic acids is 2. The third-order valence-corrected chi connectivity index (χ3v) is 5.01. The second-order valence-corrected chi connectivity index (χ2v) is 6.88. The Kier molecular flexibility index (Phi) is 5.32. The lowest BCUT2D eigenvalue weighted by atomic mass is 10.1. The molecule has 0 aliphatic carbocycles. The molecule has 0 aromatic heterocycles. The lowest BCUT2D eigenvalue weighted by Gasteiger charge is -2.32. The molecule has 0 bridgehead atoms. The number of alkyl halides is 2. The van der Waals surface area contributed by atoms with Crippen molar-refractivity contribution in [2.24, 2.45) is 0 Å². The van der Waals surface area contributed by atoms with E-state index in [0.717, 1.165) is 14.2 Å². The molecule has 0 radical (unpaired) electrons. The number of nitrogens with zero attached hydrogens (tertiary/aromatic N) is 1. The Morgan fingerprint density at radius 1 is 1.19 bits per heavy atom. The van der Waals surface area contributed by atoms with Gasteiger partial charge in [-0.15, -0.1) is 8.78 Å². The fraction of sp³-hybridized carbons (Fsp3) is 0.333. The first-order chi connectivity index (χ1) is 12.7. The van der Waals surface area contributed by atoms with Crippen molar-refractivity contribution < 1.29 is 42.1 Å². The van der Waals surface area contributed by atoms with Crippen LogP contribution in [0.1, 0.15) is 0 Å². The van der Waals surface area contributed by atoms with E-state index in [-0.39, 0.29) is 50.7 Å². The predicted octanol–water partition coefficient (Wildman–Crippen LogP) is 2.93. The summed E-state index contributed by atoms with van der Waals surface area (Å²) >= 11 is 6.43. The summed E-state index contributed by atoms with van der Waals surface area (Å²) in [4.78, 5) is 25.7. The van der Waals surface area contributed by atoms with Gasteiger partial charge in [-0.2, -0.15) is 0 Å². The number of benzene rings is 1. The van der Waals surface area contributed by atoms with Crippen molar-refractivity contribution in [3.8, 4) is 11.5 Å². The highest BCUT2D eigenvalue weighted by Crippen LogP contribution is 2.53. The van der Waals surface area contributed by atoms with Crippen molar-refractivity contribution in [1.82, 2.24) is 0 Å². The molecule has 0 amide bonds. The van der Waals surface area contributed by atoms with Crippen LogP contribution in [-0.2, 0) is 23.8 Å². The lowest BCUT2D eigenvalue weighted by Crippen LogP contribution is -2.39. The molecule has 2 heterocycles. The van der Waals surface area contributed by atoms with Crippen LogP contribution < -0.4 is 14.4 Å². The summed E-state index contributed by atoms with van der Waals surface area (Å²) in [6.45, 7) is -0.358. The quantitative estimate of drug-likeness (QED) is 0.569. The summed E-state index contributed by atoms with van der Waals surface area (Å²) in [5.41, 5.74) is -0.0448. The SMILES string of the molecule is COC(=O)C1=C(C(=O)OC)N(c2c(Br)cc3c(c2Br)OC(F)(F)O3)COC1. The summed E-state index contributed by atoms with van der Waals surface area (Å²) in [5.74, 6) is -2.11. The minimum Gasteiger partial charge on any atom is -0.466 e. The molecular formula is C15H11Br2F2NO7. The number of rotatable bonds is 3. The van der Waals surface area contributed by atoms with E-state index < -0.39 is 18.2 Å². The highest BCUT2D eigenvalue weighted by molar-refractivity contribution is 9.11. The van der Waals surface area contributed by atoms with Gasteiger partial charge in [0.2, 0.25) is 0 Å². The molecule has 0 unspecified atom stereocenters. The Hall–Kier alpha value is -1.92. The summed E-state index contributed by atoms with van der Waals surface area (Å²) in [5, 5.41) is 0. The van der Waals surface area contributed by atoms with E-state index in [2.05, 4.69) is 46.1 Å². The fourth-order valence-electron chi connectivity index (χ4n) is 2.58. The van der Waals surface area contributed by atoms with Crippen molar-refractivity contribution in [2.45, 2.75) is 6.29 Å². The molecule has 0 atom stereocenters. The number of hydrogen-bond donors (Lipinski definition) is 0. The molecule has 2 aliphatic heterocycles. The Labute approximate surface area is 168 Å². The first-order valence-electron chi connectivity index (χ1n) is 7.23. The van der Waals surface area contributed by atoms with Gasteiger partial charge in [-0.3, -0.25) is 0 Å². The normalized spacial score (nSPS) is 17.8. The van der Waals surface area contributed by atoms with Crippen molar-refractivity contribution in [3.05, 3.63) is 26.3 Å². The lowest BCUT2D eigenvalue weighted by molar-refractivity contribution is -0.286. The van der Waals surface area contributed by atoms with Gasteiger partial charge < -0.3 is 28.6 Å². The highest BCUT2D eigenvalue weighted by atomic mass is 79.9. The molecule has 3 rings (SSSR count). The summed E-state index contributed by atoms with van der Waals surface area (Å²) in [6, 6.07) is 1.25. The maximum atomic E-state index is 13.4. The van der Waals surface area contributed by atoms with E-state index in [9.17, 15) is 18.4 Å². The Balaban J connectivity index is 2.18. The first kappa shape index (κ1) is 19.8. The molecule has 146 valence electrons. The largest absolute Gasteiger partial charge is 0.586 e. The van der Waals surface area contributed by atoms with Gasteiger partial charge in [0.15, 0.2) is 11.5 Å². The monoisotopic (exact) mass is 513 g/mol. The molecule has 8 nitrogen and oxygen atoms in total. The Bertz CT molecular complexity index is 859. The Morgan fingerprint density at radius 2 is 1.85 bits per heavy atom. The van der Waals surface area contributed by atoms with Gasteiger partial charge >= 0.3 is 18.2 Å².